The van der Waals surface area contributed by atoms with Crippen molar-refractivity contribution in [1.82, 2.24) is 4.90 Å². The van der Waals surface area contributed by atoms with Crippen LogP contribution in [0.5, 0.6) is 17.2 Å². The van der Waals surface area contributed by atoms with E-state index in [0.29, 0.717) is 42.2 Å². The van der Waals surface area contributed by atoms with Crippen LogP contribution in [0.25, 0.3) is 21.5 Å². The first-order chi connectivity index (χ1) is 34.4. The van der Waals surface area contributed by atoms with Crippen LogP contribution in [0, 0.1) is 17.8 Å². The molecular formula is C60H64N2O8. The summed E-state index contributed by atoms with van der Waals surface area (Å²) < 4.78 is 27.7. The minimum Gasteiger partial charge on any atom is -0.459 e. The van der Waals surface area contributed by atoms with E-state index in [-0.39, 0.29) is 63.8 Å². The van der Waals surface area contributed by atoms with Crippen LogP contribution in [-0.4, -0.2) is 65.2 Å². The largest absolute Gasteiger partial charge is 0.459 e. The summed E-state index contributed by atoms with van der Waals surface area (Å²) in [7, 11) is 0. The number of unbranched alkanes of at least 4 members (excludes halogenated alkanes) is 2. The third-order valence-corrected chi connectivity index (χ3v) is 14.2. The standard InChI is InChI=1S/C60H64N2O8/c1-3-5-35-66-59(65)62(40-47-25-17-24-44-21-11-12-26-50(44)47)56-39-54(61-68-41-42-18-7-6-8-19-42)52-37-46(23-13-15-32-63)51(27-14-16-33-64)57-53-38-49(69-48-29-28-43-20-9-10-22-45(43)36-48)30-31-55(53)70-60(56,58(52)57)67-34-4-2/h3-4,6-12,17-22,24-26,28-31,36-38,46,51,56-58,63-64H,1-2,5,13-16,23,27,32-35,39-41H2/t46-,51+,56-,57+,58+,60+/m0/s1. The first kappa shape index (κ1) is 48.3. The van der Waals surface area contributed by atoms with E-state index in [0.717, 1.165) is 69.5 Å². The molecule has 9 rings (SSSR count). The molecule has 362 valence electrons. The SMILES string of the molecule is C=CCCOC(=O)N(Cc1cccc2ccccc12)[C@H]1CC(=NOCc2ccccc2)C2=C[C@H](CCCCO)[C@@H](CCCCO)[C@@H]3c4cc(Oc5ccc6ccccc6c5)ccc4O[C@@]1(OCC=C)[C@H]23. The molecule has 1 fully saturated rings. The number of hydrogen-bond acceptors (Lipinski definition) is 9. The predicted molar refractivity (Wildman–Crippen MR) is 276 cm³/mol. The van der Waals surface area contributed by atoms with Crippen molar-refractivity contribution in [2.24, 2.45) is 22.9 Å². The molecule has 1 aliphatic heterocycles. The van der Waals surface area contributed by atoms with Gasteiger partial charge in [-0.3, -0.25) is 4.90 Å². The highest BCUT2D eigenvalue weighted by molar-refractivity contribution is 6.03. The lowest BCUT2D eigenvalue weighted by molar-refractivity contribution is -0.256. The Bertz CT molecular complexity index is 2820. The monoisotopic (exact) mass is 940 g/mol. The molecule has 0 spiro atoms. The fraction of sp³-hybridized carbons (Fsp3) is 0.333. The van der Waals surface area contributed by atoms with Crippen molar-refractivity contribution >= 4 is 33.3 Å². The van der Waals surface area contributed by atoms with Crippen molar-refractivity contribution < 1.29 is 38.8 Å². The smallest absolute Gasteiger partial charge is 0.410 e. The van der Waals surface area contributed by atoms with Crippen LogP contribution in [0.3, 0.4) is 0 Å². The van der Waals surface area contributed by atoms with E-state index in [4.69, 9.17) is 28.9 Å². The van der Waals surface area contributed by atoms with Crippen molar-refractivity contribution in [3.05, 3.63) is 187 Å². The van der Waals surface area contributed by atoms with E-state index >= 15 is 4.79 Å². The number of ether oxygens (including phenoxy) is 4. The van der Waals surface area contributed by atoms with Crippen LogP contribution in [0.15, 0.2) is 176 Å². The number of rotatable bonds is 22. The quantitative estimate of drug-likeness (QED) is 0.0392. The van der Waals surface area contributed by atoms with Crippen LogP contribution in [0.4, 0.5) is 4.79 Å². The zero-order valence-corrected chi connectivity index (χ0v) is 39.9. The van der Waals surface area contributed by atoms with Gasteiger partial charge in [0, 0.05) is 31.1 Å². The van der Waals surface area contributed by atoms with E-state index in [1.165, 1.54) is 0 Å². The van der Waals surface area contributed by atoms with Gasteiger partial charge in [0.05, 0.1) is 31.4 Å². The highest BCUT2D eigenvalue weighted by Gasteiger charge is 2.65. The molecule has 10 nitrogen and oxygen atoms in total. The molecule has 6 atom stereocenters. The molecule has 0 unspecified atom stereocenters. The van der Waals surface area contributed by atoms with Gasteiger partial charge < -0.3 is 34.0 Å². The number of carbonyl (C=O) groups is 1. The summed E-state index contributed by atoms with van der Waals surface area (Å²) in [6.45, 7) is 8.89. The molecule has 0 saturated heterocycles. The number of carbonyl (C=O) groups excluding carboxylic acids is 1. The number of allylic oxidation sites excluding steroid dienone is 1. The first-order valence-corrected chi connectivity index (χ1v) is 24.9. The summed E-state index contributed by atoms with van der Waals surface area (Å²) in [4.78, 5) is 23.2. The van der Waals surface area contributed by atoms with Crippen LogP contribution in [0.2, 0.25) is 0 Å². The molecule has 1 heterocycles. The Kier molecular flexibility index (Phi) is 15.7. The van der Waals surface area contributed by atoms with E-state index < -0.39 is 23.8 Å². The van der Waals surface area contributed by atoms with Crippen LogP contribution < -0.4 is 9.47 Å². The second kappa shape index (κ2) is 22.8. The Hall–Kier alpha value is -6.72. The molecule has 10 heteroatoms. The molecule has 3 aliphatic rings. The van der Waals surface area contributed by atoms with Crippen molar-refractivity contribution in [1.29, 1.82) is 0 Å². The molecule has 0 bridgehead atoms. The molecule has 1 saturated carbocycles. The number of fused-ring (bicyclic) bond motifs is 4. The van der Waals surface area contributed by atoms with Crippen LogP contribution in [-0.2, 0) is 27.5 Å². The fourth-order valence-corrected chi connectivity index (χ4v) is 11.1. The minimum absolute atomic E-state index is 0.0283. The highest BCUT2D eigenvalue weighted by atomic mass is 16.7. The number of hydrogen-bond donors (Lipinski definition) is 2. The molecular weight excluding hydrogens is 877 g/mol. The maximum absolute atomic E-state index is 15.1. The molecule has 70 heavy (non-hydrogen) atoms. The Balaban J connectivity index is 1.25. The van der Waals surface area contributed by atoms with Gasteiger partial charge in [0.2, 0.25) is 5.79 Å². The van der Waals surface area contributed by atoms with Gasteiger partial charge >= 0.3 is 6.09 Å². The van der Waals surface area contributed by atoms with Gasteiger partial charge in [-0.05, 0) is 113 Å². The molecule has 0 radical (unpaired) electrons. The maximum Gasteiger partial charge on any atom is 0.410 e. The lowest BCUT2D eigenvalue weighted by atomic mass is 9.55. The summed E-state index contributed by atoms with van der Waals surface area (Å²) in [5.41, 5.74) is 4.53. The highest BCUT2D eigenvalue weighted by Crippen LogP contribution is 2.62. The van der Waals surface area contributed by atoms with Gasteiger partial charge in [-0.1, -0.05) is 139 Å². The molecule has 0 aromatic heterocycles. The van der Waals surface area contributed by atoms with Gasteiger partial charge in [0.25, 0.3) is 0 Å². The van der Waals surface area contributed by atoms with Gasteiger partial charge in [-0.2, -0.15) is 0 Å². The lowest BCUT2D eigenvalue weighted by Crippen LogP contribution is -2.70. The Morgan fingerprint density at radius 3 is 2.31 bits per heavy atom. The summed E-state index contributed by atoms with van der Waals surface area (Å²) in [5, 5.41) is 29.5. The van der Waals surface area contributed by atoms with Crippen LogP contribution in [0.1, 0.15) is 74.0 Å². The Labute approximate surface area is 411 Å². The number of oxime groups is 1. The van der Waals surface area contributed by atoms with Gasteiger partial charge in [-0.25, -0.2) is 4.79 Å². The van der Waals surface area contributed by atoms with E-state index in [9.17, 15) is 10.2 Å². The molecule has 1 amide bonds. The van der Waals surface area contributed by atoms with Crippen molar-refractivity contribution in [3.8, 4) is 17.2 Å². The fourth-order valence-electron chi connectivity index (χ4n) is 11.1. The number of aliphatic hydroxyl groups is 2. The maximum atomic E-state index is 15.1. The van der Waals surface area contributed by atoms with Crippen molar-refractivity contribution in [3.63, 3.8) is 0 Å². The average molecular weight is 941 g/mol. The second-order valence-electron chi connectivity index (χ2n) is 18.6. The Morgan fingerprint density at radius 1 is 0.786 bits per heavy atom. The normalized spacial score (nSPS) is 21.8. The summed E-state index contributed by atoms with van der Waals surface area (Å²) >= 11 is 0. The van der Waals surface area contributed by atoms with E-state index in [1.54, 1.807) is 17.1 Å². The second-order valence-corrected chi connectivity index (χ2v) is 18.6. The number of aliphatic hydroxyl groups excluding tert-OH is 2. The number of nitrogens with zero attached hydrogens (tertiary/aromatic N) is 2. The van der Waals surface area contributed by atoms with E-state index in [2.05, 4.69) is 73.8 Å². The third kappa shape index (κ3) is 10.4. The average Bonchev–Trinajstić information content (AvgIpc) is 3.39. The van der Waals surface area contributed by atoms with Gasteiger partial charge in [-0.15, -0.1) is 13.2 Å². The van der Waals surface area contributed by atoms with Crippen molar-refractivity contribution in [2.45, 2.75) is 82.3 Å². The van der Waals surface area contributed by atoms with Crippen molar-refractivity contribution in [2.75, 3.05) is 26.4 Å². The van der Waals surface area contributed by atoms with Crippen LogP contribution >= 0.6 is 0 Å². The predicted octanol–water partition coefficient (Wildman–Crippen LogP) is 12.8. The summed E-state index contributed by atoms with van der Waals surface area (Å²) in [5.74, 6) is -0.148. The summed E-state index contributed by atoms with van der Waals surface area (Å²) in [6, 6.07) is 43.9. The topological polar surface area (TPSA) is 119 Å². The summed E-state index contributed by atoms with van der Waals surface area (Å²) in [6.07, 6.45) is 10.6. The molecule has 6 aromatic rings. The van der Waals surface area contributed by atoms with E-state index in [1.807, 2.05) is 78.9 Å². The number of amides is 1. The Morgan fingerprint density at radius 2 is 1.51 bits per heavy atom. The number of benzene rings is 6. The zero-order chi connectivity index (χ0) is 48.3. The third-order valence-electron chi connectivity index (χ3n) is 14.2. The van der Waals surface area contributed by atoms with Gasteiger partial charge in [0.15, 0.2) is 0 Å². The zero-order valence-electron chi connectivity index (χ0n) is 39.9. The van der Waals surface area contributed by atoms with Gasteiger partial charge in [0.1, 0.15) is 29.9 Å². The minimum atomic E-state index is -1.48. The molecule has 2 N–H and O–H groups in total. The molecule has 6 aromatic carbocycles. The molecule has 2 aliphatic carbocycles. The first-order valence-electron chi connectivity index (χ1n) is 24.9. The lowest BCUT2D eigenvalue weighted by Gasteiger charge is -2.59.